The maximum Gasteiger partial charge on any atom is 0.337 e. The zero-order chi connectivity index (χ0) is 14.3. The van der Waals surface area contributed by atoms with E-state index in [0.29, 0.717) is 31.2 Å². The van der Waals surface area contributed by atoms with Gasteiger partial charge in [-0.25, -0.2) is 4.79 Å². The number of nitrogens with one attached hydrogen (secondary N) is 1. The smallest absolute Gasteiger partial charge is 0.337 e. The summed E-state index contributed by atoms with van der Waals surface area (Å²) in [5, 5.41) is 12.1. The Morgan fingerprint density at radius 1 is 1.47 bits per heavy atom. The number of rotatable bonds is 8. The quantitative estimate of drug-likeness (QED) is 0.558. The average Bonchev–Trinajstić information content (AvgIpc) is 2.37. The van der Waals surface area contributed by atoms with E-state index < -0.39 is 5.97 Å². The van der Waals surface area contributed by atoms with E-state index in [1.807, 2.05) is 6.92 Å². The summed E-state index contributed by atoms with van der Waals surface area (Å²) in [5.41, 5.74) is 1.68. The third kappa shape index (κ3) is 5.01. The first-order valence-electron chi connectivity index (χ1n) is 5.92. The molecule has 5 heteroatoms. The molecule has 0 saturated heterocycles. The zero-order valence-corrected chi connectivity index (χ0v) is 11.2. The molecule has 1 aromatic carbocycles. The topological polar surface area (TPSA) is 67.8 Å². The molecule has 0 bridgehead atoms. The highest BCUT2D eigenvalue weighted by molar-refractivity contribution is 5.94. The minimum Gasteiger partial charge on any atom is -0.497 e. The number of carboxylic acid groups (broad SMARTS) is 1. The van der Waals surface area contributed by atoms with Crippen LogP contribution >= 0.6 is 0 Å². The summed E-state index contributed by atoms with van der Waals surface area (Å²) in [6.45, 7) is 7.11. The van der Waals surface area contributed by atoms with Gasteiger partial charge < -0.3 is 19.9 Å². The second-order valence-corrected chi connectivity index (χ2v) is 4.15. The summed E-state index contributed by atoms with van der Waals surface area (Å²) in [7, 11) is 1.54. The molecule has 0 saturated carbocycles. The molecular formula is C14H19NO4. The van der Waals surface area contributed by atoms with Crippen molar-refractivity contribution in [3.8, 4) is 5.75 Å². The number of carboxylic acids is 1. The van der Waals surface area contributed by atoms with Gasteiger partial charge >= 0.3 is 5.97 Å². The predicted molar refractivity (Wildman–Crippen MR) is 74.1 cm³/mol. The van der Waals surface area contributed by atoms with Crippen LogP contribution in [-0.4, -0.2) is 37.9 Å². The van der Waals surface area contributed by atoms with E-state index in [1.165, 1.54) is 13.2 Å². The van der Waals surface area contributed by atoms with Crippen LogP contribution < -0.4 is 10.1 Å². The third-order valence-corrected chi connectivity index (χ3v) is 2.37. The van der Waals surface area contributed by atoms with Crippen molar-refractivity contribution in [1.82, 2.24) is 0 Å². The highest BCUT2D eigenvalue weighted by atomic mass is 16.5. The maximum absolute atomic E-state index is 11.1. The predicted octanol–water partition coefficient (Wildman–Crippen LogP) is 2.40. The summed E-state index contributed by atoms with van der Waals surface area (Å²) in [5.74, 6) is -0.372. The number of hydrogen-bond donors (Lipinski definition) is 2. The molecule has 19 heavy (non-hydrogen) atoms. The molecule has 104 valence electrons. The summed E-state index contributed by atoms with van der Waals surface area (Å²) >= 11 is 0. The van der Waals surface area contributed by atoms with E-state index in [9.17, 15) is 4.79 Å². The lowest BCUT2D eigenvalue weighted by atomic mass is 10.1. The van der Waals surface area contributed by atoms with Crippen molar-refractivity contribution in [3.63, 3.8) is 0 Å². The van der Waals surface area contributed by atoms with Crippen LogP contribution in [0.25, 0.3) is 0 Å². The first-order valence-corrected chi connectivity index (χ1v) is 5.92. The normalized spacial score (nSPS) is 10.0. The van der Waals surface area contributed by atoms with Crippen molar-refractivity contribution in [3.05, 3.63) is 35.9 Å². The third-order valence-electron chi connectivity index (χ3n) is 2.37. The van der Waals surface area contributed by atoms with Crippen molar-refractivity contribution in [2.24, 2.45) is 0 Å². The first-order chi connectivity index (χ1) is 9.04. The molecule has 0 aliphatic heterocycles. The molecule has 5 nitrogen and oxygen atoms in total. The number of methoxy groups -OCH3 is 1. The van der Waals surface area contributed by atoms with Crippen molar-refractivity contribution >= 4 is 11.7 Å². The van der Waals surface area contributed by atoms with Gasteiger partial charge in [0.25, 0.3) is 0 Å². The van der Waals surface area contributed by atoms with Crippen molar-refractivity contribution in [1.29, 1.82) is 0 Å². The minimum absolute atomic E-state index is 0.209. The molecule has 0 heterocycles. The Morgan fingerprint density at radius 3 is 2.79 bits per heavy atom. The van der Waals surface area contributed by atoms with Gasteiger partial charge in [0.1, 0.15) is 5.75 Å². The molecule has 2 N–H and O–H groups in total. The Bertz CT molecular complexity index is 457. The Kier molecular flexibility index (Phi) is 5.89. The van der Waals surface area contributed by atoms with E-state index in [0.717, 1.165) is 5.57 Å². The van der Waals surface area contributed by atoms with Crippen LogP contribution in [0, 0.1) is 0 Å². The minimum atomic E-state index is -0.979. The number of benzene rings is 1. The van der Waals surface area contributed by atoms with Gasteiger partial charge in [-0.15, -0.1) is 0 Å². The first kappa shape index (κ1) is 15.0. The molecule has 0 unspecified atom stereocenters. The van der Waals surface area contributed by atoms with E-state index in [1.54, 1.807) is 12.1 Å². The maximum atomic E-state index is 11.1. The molecule has 0 aromatic heterocycles. The van der Waals surface area contributed by atoms with Gasteiger partial charge in [-0.05, 0) is 19.1 Å². The van der Waals surface area contributed by atoms with Crippen molar-refractivity contribution in [2.75, 3.05) is 32.2 Å². The van der Waals surface area contributed by atoms with Crippen LogP contribution in [0.3, 0.4) is 0 Å². The Hall–Kier alpha value is -2.01. The molecule has 0 amide bonds. The van der Waals surface area contributed by atoms with Gasteiger partial charge in [0.15, 0.2) is 0 Å². The standard InChI is InChI=1S/C14H19NO4/c1-10(2)9-19-7-6-15-13-8-11(18-3)4-5-12(13)14(16)17/h4-5,8,15H,1,6-7,9H2,2-3H3,(H,16,17). The molecule has 0 aliphatic rings. The van der Waals surface area contributed by atoms with Crippen LogP contribution in [0.4, 0.5) is 5.69 Å². The second kappa shape index (κ2) is 7.43. The van der Waals surface area contributed by atoms with Gasteiger partial charge in [-0.1, -0.05) is 12.2 Å². The number of aromatic carboxylic acids is 1. The Balaban J connectivity index is 2.59. The van der Waals surface area contributed by atoms with Gasteiger partial charge in [0.05, 0.1) is 31.6 Å². The van der Waals surface area contributed by atoms with Gasteiger partial charge in [-0.2, -0.15) is 0 Å². The fraction of sp³-hybridized carbons (Fsp3) is 0.357. The van der Waals surface area contributed by atoms with E-state index in [2.05, 4.69) is 11.9 Å². The second-order valence-electron chi connectivity index (χ2n) is 4.15. The van der Waals surface area contributed by atoms with E-state index in [-0.39, 0.29) is 5.56 Å². The highest BCUT2D eigenvalue weighted by Crippen LogP contribution is 2.22. The zero-order valence-electron chi connectivity index (χ0n) is 11.2. The molecule has 0 radical (unpaired) electrons. The highest BCUT2D eigenvalue weighted by Gasteiger charge is 2.10. The van der Waals surface area contributed by atoms with Gasteiger partial charge in [0, 0.05) is 12.6 Å². The van der Waals surface area contributed by atoms with E-state index in [4.69, 9.17) is 14.6 Å². The molecule has 1 aromatic rings. The summed E-state index contributed by atoms with van der Waals surface area (Å²) in [6, 6.07) is 4.78. The number of ether oxygens (including phenoxy) is 2. The fourth-order valence-corrected chi connectivity index (χ4v) is 1.49. The molecule has 0 fully saturated rings. The molecule has 0 atom stereocenters. The fourth-order valence-electron chi connectivity index (χ4n) is 1.49. The largest absolute Gasteiger partial charge is 0.497 e. The molecular weight excluding hydrogens is 246 g/mol. The van der Waals surface area contributed by atoms with Gasteiger partial charge in [0.2, 0.25) is 0 Å². The number of hydrogen-bond acceptors (Lipinski definition) is 4. The molecule has 1 rings (SSSR count). The average molecular weight is 265 g/mol. The van der Waals surface area contributed by atoms with Crippen molar-refractivity contribution in [2.45, 2.75) is 6.92 Å². The van der Waals surface area contributed by atoms with Gasteiger partial charge in [-0.3, -0.25) is 0 Å². The Morgan fingerprint density at radius 2 is 2.21 bits per heavy atom. The number of carbonyl (C=O) groups is 1. The lowest BCUT2D eigenvalue weighted by Crippen LogP contribution is -2.13. The van der Waals surface area contributed by atoms with Crippen LogP contribution in [0.1, 0.15) is 17.3 Å². The Labute approximate surface area is 112 Å². The molecule has 0 aliphatic carbocycles. The monoisotopic (exact) mass is 265 g/mol. The lowest BCUT2D eigenvalue weighted by molar-refractivity contribution is 0.0698. The SMILES string of the molecule is C=C(C)COCCNc1cc(OC)ccc1C(=O)O. The summed E-state index contributed by atoms with van der Waals surface area (Å²) in [4.78, 5) is 11.1. The van der Waals surface area contributed by atoms with Crippen molar-refractivity contribution < 1.29 is 19.4 Å². The van der Waals surface area contributed by atoms with E-state index >= 15 is 0 Å². The summed E-state index contributed by atoms with van der Waals surface area (Å²) < 4.78 is 10.4. The lowest BCUT2D eigenvalue weighted by Gasteiger charge is -2.11. The van der Waals surface area contributed by atoms with Crippen LogP contribution in [0.2, 0.25) is 0 Å². The van der Waals surface area contributed by atoms with Crippen LogP contribution in [0.5, 0.6) is 5.75 Å². The molecule has 0 spiro atoms. The number of anilines is 1. The van der Waals surface area contributed by atoms with Crippen LogP contribution in [0.15, 0.2) is 30.4 Å². The van der Waals surface area contributed by atoms with Crippen LogP contribution in [-0.2, 0) is 4.74 Å². The summed E-state index contributed by atoms with van der Waals surface area (Å²) in [6.07, 6.45) is 0.